The summed E-state index contributed by atoms with van der Waals surface area (Å²) < 4.78 is 5.27. The second-order valence-electron chi connectivity index (χ2n) is 6.59. The number of benzene rings is 2. The van der Waals surface area contributed by atoms with Gasteiger partial charge in [0.1, 0.15) is 0 Å². The largest absolute Gasteiger partial charge is 0.378 e. The van der Waals surface area contributed by atoms with Crippen LogP contribution in [0.2, 0.25) is 0 Å². The minimum absolute atomic E-state index is 0.0102. The van der Waals surface area contributed by atoms with Crippen molar-refractivity contribution in [2.75, 3.05) is 31.6 Å². The third-order valence-corrected chi connectivity index (χ3v) is 4.76. The molecule has 0 spiro atoms. The highest BCUT2D eigenvalue weighted by atomic mass is 32.1. The number of nitrogens with one attached hydrogen (secondary N) is 2. The van der Waals surface area contributed by atoms with E-state index in [0.717, 1.165) is 11.1 Å². The van der Waals surface area contributed by atoms with Gasteiger partial charge in [-0.05, 0) is 54.5 Å². The number of carbonyl (C=O) groups excluding carboxylic acids is 2. The summed E-state index contributed by atoms with van der Waals surface area (Å²) in [6.45, 7) is 4.33. The highest BCUT2D eigenvalue weighted by Crippen LogP contribution is 2.13. The third kappa shape index (κ3) is 5.37. The number of hydrogen-bond acceptors (Lipinski definition) is 4. The van der Waals surface area contributed by atoms with Crippen LogP contribution >= 0.6 is 12.2 Å². The van der Waals surface area contributed by atoms with Gasteiger partial charge in [0.15, 0.2) is 5.11 Å². The average Bonchev–Trinajstić information content (AvgIpc) is 2.70. The predicted octanol–water partition coefficient (Wildman–Crippen LogP) is 2.52. The quantitative estimate of drug-likeness (QED) is 0.776. The van der Waals surface area contributed by atoms with E-state index in [1.165, 1.54) is 0 Å². The summed E-state index contributed by atoms with van der Waals surface area (Å²) in [5.41, 5.74) is 3.35. The van der Waals surface area contributed by atoms with Gasteiger partial charge in [0.2, 0.25) is 5.91 Å². The molecule has 0 unspecified atom stereocenters. The number of thiocarbonyl (C=S) groups is 1. The molecule has 0 aromatic heterocycles. The molecule has 1 fully saturated rings. The van der Waals surface area contributed by atoms with Crippen LogP contribution in [0.1, 0.15) is 21.5 Å². The molecule has 6 nitrogen and oxygen atoms in total. The normalized spacial score (nSPS) is 13.7. The highest BCUT2D eigenvalue weighted by Gasteiger charge is 2.18. The molecule has 2 aromatic rings. The van der Waals surface area contributed by atoms with Crippen LogP contribution in [0.25, 0.3) is 0 Å². The van der Waals surface area contributed by atoms with Crippen molar-refractivity contribution in [3.05, 3.63) is 65.2 Å². The van der Waals surface area contributed by atoms with Gasteiger partial charge in [-0.15, -0.1) is 0 Å². The minimum atomic E-state index is -0.175. The predicted molar refractivity (Wildman–Crippen MR) is 112 cm³/mol. The molecule has 1 aliphatic rings. The Hall–Kier alpha value is -2.77. The molecule has 0 bridgehead atoms. The third-order valence-electron chi connectivity index (χ3n) is 4.55. The Kier molecular flexibility index (Phi) is 6.73. The van der Waals surface area contributed by atoms with Crippen LogP contribution in [0.5, 0.6) is 0 Å². The van der Waals surface area contributed by atoms with Gasteiger partial charge in [-0.3, -0.25) is 9.59 Å². The first-order valence-corrected chi connectivity index (χ1v) is 9.56. The monoisotopic (exact) mass is 397 g/mol. The Labute approximate surface area is 169 Å². The fraction of sp³-hybridized carbons (Fsp3) is 0.286. The standard InChI is InChI=1S/C21H23N3O3S/c1-15-4-2-3-5-17(15)14-19(25)23-21(28)22-18-8-6-16(7-9-18)20(26)24-10-12-27-13-11-24/h2-9H,10-14H2,1H3,(H2,22,23,25,28). The van der Waals surface area contributed by atoms with Gasteiger partial charge < -0.3 is 20.3 Å². The maximum Gasteiger partial charge on any atom is 0.254 e. The van der Waals surface area contributed by atoms with Gasteiger partial charge in [0.05, 0.1) is 19.6 Å². The molecule has 2 aromatic carbocycles. The summed E-state index contributed by atoms with van der Waals surface area (Å²) in [5, 5.41) is 5.89. The van der Waals surface area contributed by atoms with Crippen molar-refractivity contribution in [2.24, 2.45) is 0 Å². The van der Waals surface area contributed by atoms with Gasteiger partial charge in [-0.2, -0.15) is 0 Å². The van der Waals surface area contributed by atoms with Crippen LogP contribution in [-0.2, 0) is 16.0 Å². The number of hydrogen-bond donors (Lipinski definition) is 2. The van der Waals surface area contributed by atoms with Gasteiger partial charge in [0, 0.05) is 24.3 Å². The van der Waals surface area contributed by atoms with E-state index in [1.807, 2.05) is 31.2 Å². The lowest BCUT2D eigenvalue weighted by atomic mass is 10.1. The zero-order valence-corrected chi connectivity index (χ0v) is 16.6. The Morgan fingerprint density at radius 1 is 1.07 bits per heavy atom. The number of anilines is 1. The van der Waals surface area contributed by atoms with Crippen molar-refractivity contribution < 1.29 is 14.3 Å². The van der Waals surface area contributed by atoms with E-state index in [9.17, 15) is 9.59 Å². The van der Waals surface area contributed by atoms with Gasteiger partial charge in [-0.1, -0.05) is 24.3 Å². The van der Waals surface area contributed by atoms with Crippen LogP contribution in [0.4, 0.5) is 5.69 Å². The van der Waals surface area contributed by atoms with Crippen molar-refractivity contribution in [1.29, 1.82) is 0 Å². The molecular weight excluding hydrogens is 374 g/mol. The highest BCUT2D eigenvalue weighted by molar-refractivity contribution is 7.80. The lowest BCUT2D eigenvalue weighted by Gasteiger charge is -2.26. The Morgan fingerprint density at radius 3 is 2.43 bits per heavy atom. The van der Waals surface area contributed by atoms with Crippen molar-refractivity contribution in [3.8, 4) is 0 Å². The first-order chi connectivity index (χ1) is 13.5. The maximum atomic E-state index is 12.4. The number of carbonyl (C=O) groups is 2. The number of nitrogens with zero attached hydrogens (tertiary/aromatic N) is 1. The summed E-state index contributed by atoms with van der Waals surface area (Å²) in [7, 11) is 0. The Morgan fingerprint density at radius 2 is 1.75 bits per heavy atom. The number of rotatable bonds is 4. The van der Waals surface area contributed by atoms with Crippen LogP contribution in [0.3, 0.4) is 0 Å². The smallest absolute Gasteiger partial charge is 0.254 e. The molecule has 2 amide bonds. The SMILES string of the molecule is Cc1ccccc1CC(=O)NC(=S)Nc1ccc(C(=O)N2CCOCC2)cc1. The molecule has 7 heteroatoms. The average molecular weight is 398 g/mol. The molecule has 0 radical (unpaired) electrons. The summed E-state index contributed by atoms with van der Waals surface area (Å²) in [6.07, 6.45) is 0.265. The molecule has 0 saturated carbocycles. The molecule has 1 heterocycles. The van der Waals surface area contributed by atoms with Crippen LogP contribution in [0.15, 0.2) is 48.5 Å². The first-order valence-electron chi connectivity index (χ1n) is 9.15. The van der Waals surface area contributed by atoms with Crippen molar-refractivity contribution in [1.82, 2.24) is 10.2 Å². The molecule has 3 rings (SSSR count). The van der Waals surface area contributed by atoms with Crippen molar-refractivity contribution in [2.45, 2.75) is 13.3 Å². The maximum absolute atomic E-state index is 12.4. The van der Waals surface area contributed by atoms with Crippen molar-refractivity contribution in [3.63, 3.8) is 0 Å². The lowest BCUT2D eigenvalue weighted by molar-refractivity contribution is -0.119. The van der Waals surface area contributed by atoms with Gasteiger partial charge in [0.25, 0.3) is 5.91 Å². The molecule has 1 saturated heterocycles. The van der Waals surface area contributed by atoms with E-state index in [0.29, 0.717) is 37.6 Å². The summed E-state index contributed by atoms with van der Waals surface area (Å²) in [4.78, 5) is 26.4. The summed E-state index contributed by atoms with van der Waals surface area (Å²) in [5.74, 6) is -0.185. The number of morpholine rings is 1. The van der Waals surface area contributed by atoms with E-state index < -0.39 is 0 Å². The lowest BCUT2D eigenvalue weighted by Crippen LogP contribution is -2.40. The molecule has 0 atom stereocenters. The molecular formula is C21H23N3O3S. The van der Waals surface area contributed by atoms with Crippen LogP contribution in [-0.4, -0.2) is 48.1 Å². The van der Waals surface area contributed by atoms with Crippen molar-refractivity contribution >= 4 is 34.8 Å². The van der Waals surface area contributed by atoms with E-state index in [4.69, 9.17) is 17.0 Å². The second kappa shape index (κ2) is 9.43. The number of ether oxygens (including phenoxy) is 1. The molecule has 28 heavy (non-hydrogen) atoms. The minimum Gasteiger partial charge on any atom is -0.378 e. The van der Waals surface area contributed by atoms with Crippen LogP contribution in [0, 0.1) is 6.92 Å². The summed E-state index contributed by atoms with van der Waals surface area (Å²) in [6, 6.07) is 14.8. The zero-order valence-electron chi connectivity index (χ0n) is 15.7. The summed E-state index contributed by atoms with van der Waals surface area (Å²) >= 11 is 5.22. The zero-order chi connectivity index (χ0) is 19.9. The topological polar surface area (TPSA) is 70.7 Å². The Balaban J connectivity index is 1.52. The second-order valence-corrected chi connectivity index (χ2v) is 7.00. The molecule has 0 aliphatic carbocycles. The first kappa shape index (κ1) is 20.0. The van der Waals surface area contributed by atoms with Gasteiger partial charge >= 0.3 is 0 Å². The van der Waals surface area contributed by atoms with Gasteiger partial charge in [-0.25, -0.2) is 0 Å². The number of aryl methyl sites for hydroxylation is 1. The fourth-order valence-electron chi connectivity index (χ4n) is 2.96. The molecule has 146 valence electrons. The van der Waals surface area contributed by atoms with Crippen LogP contribution < -0.4 is 10.6 Å². The van der Waals surface area contributed by atoms with E-state index in [2.05, 4.69) is 10.6 Å². The van der Waals surface area contributed by atoms with E-state index in [1.54, 1.807) is 29.2 Å². The molecule has 1 aliphatic heterocycles. The molecule has 2 N–H and O–H groups in total. The fourth-order valence-corrected chi connectivity index (χ4v) is 3.19. The van der Waals surface area contributed by atoms with E-state index in [-0.39, 0.29) is 23.3 Å². The number of amides is 2. The van der Waals surface area contributed by atoms with E-state index >= 15 is 0 Å². The Bertz CT molecular complexity index is 861.